The molecule has 4 rings (SSSR count). The number of hydrogen-bond acceptors (Lipinski definition) is 16. The number of allylic oxidation sites excluding steroid dienone is 1. The number of rotatable bonds is 12. The first-order chi connectivity index (χ1) is 30.1. The molecule has 2 fully saturated rings. The third-order valence-corrected chi connectivity index (χ3v) is 14.3. The highest BCUT2D eigenvalue weighted by Gasteiger charge is 2.54. The van der Waals surface area contributed by atoms with Crippen LogP contribution in [-0.2, 0) is 61.4 Å². The maximum atomic E-state index is 14.9. The molecule has 3 aliphatic heterocycles. The zero-order chi connectivity index (χ0) is 49.0. The second kappa shape index (κ2) is 21.9. The lowest BCUT2D eigenvalue weighted by molar-refractivity contribution is -0.319. The predicted molar refractivity (Wildman–Crippen MR) is 243 cm³/mol. The lowest BCUT2D eigenvalue weighted by atomic mass is 9.76. The fraction of sp³-hybridized carbons (Fsp3) is 0.809. The number of methoxy groups -OCH3 is 2. The number of nitrogens with zero attached hydrogens (tertiary/aromatic N) is 3. The molecule has 3 aliphatic rings. The van der Waals surface area contributed by atoms with Gasteiger partial charge in [-0.15, -0.1) is 0 Å². The number of aromatic nitrogens is 2. The smallest absolute Gasteiger partial charge is 0.420 e. The molecule has 16 atom stereocenters. The van der Waals surface area contributed by atoms with Crippen LogP contribution >= 0.6 is 0 Å². The zero-order valence-electron chi connectivity index (χ0n) is 42.2. The monoisotopic (exact) mass is 938 g/mol. The summed E-state index contributed by atoms with van der Waals surface area (Å²) in [5.74, 6) is -3.85. The Balaban J connectivity index is 1.93. The van der Waals surface area contributed by atoms with Crippen LogP contribution in [0.4, 0.5) is 4.79 Å². The van der Waals surface area contributed by atoms with Crippen molar-refractivity contribution in [1.82, 2.24) is 14.5 Å². The van der Waals surface area contributed by atoms with Gasteiger partial charge in [-0.2, -0.15) is 0 Å². The Morgan fingerprint density at radius 2 is 1.57 bits per heavy atom. The highest BCUT2D eigenvalue weighted by atomic mass is 28.4. The van der Waals surface area contributed by atoms with Gasteiger partial charge in [-0.3, -0.25) is 14.4 Å². The number of carbonyl (C=O) groups is 4. The predicted octanol–water partition coefficient (Wildman–Crippen LogP) is 6.71. The molecule has 0 spiro atoms. The molecule has 0 aliphatic carbocycles. The minimum absolute atomic E-state index is 0.128. The van der Waals surface area contributed by atoms with E-state index in [0.29, 0.717) is 6.42 Å². The van der Waals surface area contributed by atoms with Crippen LogP contribution in [0.3, 0.4) is 0 Å². The van der Waals surface area contributed by atoms with E-state index in [4.69, 9.17) is 47.1 Å². The van der Waals surface area contributed by atoms with Crippen LogP contribution in [0.2, 0.25) is 19.6 Å². The average Bonchev–Trinajstić information content (AvgIpc) is 3.77. The van der Waals surface area contributed by atoms with Crippen molar-refractivity contribution in [1.29, 1.82) is 0 Å². The molecule has 1 aromatic rings. The first-order valence-electron chi connectivity index (χ1n) is 23.0. The SMILES string of the molecule is CC[C@H]1OC(=O)[C@H](C)[C@@H](O[C@H]2C[C@@](C)(OC)[C@@H](O[Si](C)(C)C)[C@H](C)O2)[C@H](C)[C@@H](O[C@@H]2O[C@H](C)C[C@H](N(C)C)[C@H]2OC(C)=O)[C@](C)(OC)C[C@@H](C)C(=O)/C(C)=C/[C@]1(C)OC(=O)n1ccnc1. The largest absolute Gasteiger partial charge is 0.457 e. The fourth-order valence-electron chi connectivity index (χ4n) is 9.84. The van der Waals surface area contributed by atoms with Crippen LogP contribution in [0.15, 0.2) is 30.4 Å². The van der Waals surface area contributed by atoms with E-state index in [1.54, 1.807) is 54.9 Å². The number of ketones is 1. The second-order valence-electron chi connectivity index (χ2n) is 20.3. The van der Waals surface area contributed by atoms with Gasteiger partial charge in [0.05, 0.1) is 53.7 Å². The van der Waals surface area contributed by atoms with E-state index in [2.05, 4.69) is 24.6 Å². The van der Waals surface area contributed by atoms with Gasteiger partial charge in [0, 0.05) is 51.8 Å². The van der Waals surface area contributed by atoms with Crippen molar-refractivity contribution >= 4 is 32.1 Å². The van der Waals surface area contributed by atoms with Crippen LogP contribution in [0.5, 0.6) is 0 Å². The summed E-state index contributed by atoms with van der Waals surface area (Å²) in [6.07, 6.45) is -0.963. The number of cyclic esters (lactones) is 1. The number of likely N-dealkylation sites (N-methyl/N-ethyl adjacent to an activating group) is 1. The molecule has 0 N–H and O–H groups in total. The van der Waals surface area contributed by atoms with Crippen molar-refractivity contribution in [3.05, 3.63) is 30.4 Å². The number of ether oxygens (including phenoxy) is 9. The Bertz CT molecular complexity index is 1810. The maximum absolute atomic E-state index is 14.9. The topological polar surface area (TPSA) is 182 Å². The molecule has 0 amide bonds. The molecule has 4 heterocycles. The molecule has 17 nitrogen and oxygen atoms in total. The number of esters is 2. The third kappa shape index (κ3) is 13.1. The summed E-state index contributed by atoms with van der Waals surface area (Å²) < 4.78 is 66.3. The number of hydrogen-bond donors (Lipinski definition) is 0. The fourth-order valence-corrected chi connectivity index (χ4v) is 11.0. The first kappa shape index (κ1) is 54.5. The van der Waals surface area contributed by atoms with Crippen molar-refractivity contribution in [2.24, 2.45) is 17.8 Å². The Morgan fingerprint density at radius 1 is 0.938 bits per heavy atom. The lowest BCUT2D eigenvalue weighted by Crippen LogP contribution is -2.62. The van der Waals surface area contributed by atoms with E-state index in [9.17, 15) is 19.2 Å². The van der Waals surface area contributed by atoms with Gasteiger partial charge in [-0.25, -0.2) is 14.3 Å². The van der Waals surface area contributed by atoms with E-state index < -0.39 is 110 Å². The Hall–Kier alpha value is -3.07. The summed E-state index contributed by atoms with van der Waals surface area (Å²) >= 11 is 0. The van der Waals surface area contributed by atoms with Gasteiger partial charge >= 0.3 is 18.0 Å². The number of Topliss-reactive ketones (excluding diaryl/α,β-unsaturated/α-hetero) is 1. The normalized spacial score (nSPS) is 40.0. The molecule has 0 bridgehead atoms. The summed E-state index contributed by atoms with van der Waals surface area (Å²) in [4.78, 5) is 61.6. The van der Waals surface area contributed by atoms with Crippen LogP contribution in [0, 0.1) is 17.8 Å². The second-order valence-corrected chi connectivity index (χ2v) is 24.7. The van der Waals surface area contributed by atoms with Gasteiger partial charge in [-0.05, 0) is 113 Å². The minimum atomic E-state index is -2.08. The highest BCUT2D eigenvalue weighted by Crippen LogP contribution is 2.42. The zero-order valence-corrected chi connectivity index (χ0v) is 43.2. The van der Waals surface area contributed by atoms with E-state index in [0.717, 1.165) is 0 Å². The first-order valence-corrected chi connectivity index (χ1v) is 26.4. The quantitative estimate of drug-likeness (QED) is 0.122. The van der Waals surface area contributed by atoms with Gasteiger partial charge in [0.1, 0.15) is 12.4 Å². The van der Waals surface area contributed by atoms with E-state index in [1.165, 1.54) is 30.2 Å². The number of imidazole rings is 1. The Kier molecular flexibility index (Phi) is 18.4. The van der Waals surface area contributed by atoms with Crippen LogP contribution in [-0.4, -0.2) is 153 Å². The molecule has 0 aromatic carbocycles. The summed E-state index contributed by atoms with van der Waals surface area (Å²) in [7, 11) is 4.92. The molecule has 0 saturated carbocycles. The molecule has 370 valence electrons. The van der Waals surface area contributed by atoms with Crippen molar-refractivity contribution in [3.63, 3.8) is 0 Å². The third-order valence-electron chi connectivity index (χ3n) is 13.3. The summed E-state index contributed by atoms with van der Waals surface area (Å²) in [5.41, 5.74) is -3.43. The molecule has 2 saturated heterocycles. The lowest BCUT2D eigenvalue weighted by Gasteiger charge is -2.51. The maximum Gasteiger partial charge on any atom is 0.420 e. The molecule has 0 unspecified atom stereocenters. The van der Waals surface area contributed by atoms with Crippen molar-refractivity contribution in [3.8, 4) is 0 Å². The molecule has 65 heavy (non-hydrogen) atoms. The van der Waals surface area contributed by atoms with Crippen LogP contribution in [0.1, 0.15) is 102 Å². The molecular weight excluding hydrogens is 859 g/mol. The Labute approximate surface area is 387 Å². The summed E-state index contributed by atoms with van der Waals surface area (Å²) in [6.45, 7) is 25.8. The molecule has 1 aromatic heterocycles. The standard InChI is InChI=1S/C47H79N3O14Si/c1-19-35-45(9,63-44(54)50-21-20-48-26-50)23-27(2)37(52)28(3)24-46(10,55-14)40(62-43-39(59-33(8)51)34(49(12)13)22-29(4)57-43)30(5)38(31(6)42(53)60-35)61-36-25-47(11,56-15)41(32(7)58-36)64-65(16,17)18/h20-21,23,26,28-32,34-36,38-41,43H,19,22,24-25H2,1-18H3/b27-23+/t28-,29-,30+,31-,32+,34+,35-,36+,38+,39-,40-,41+,43+,45+,46-,47-/m1/s1. The van der Waals surface area contributed by atoms with Gasteiger partial charge in [-0.1, -0.05) is 20.8 Å². The summed E-state index contributed by atoms with van der Waals surface area (Å²) in [6, 6.07) is -0.275. The van der Waals surface area contributed by atoms with Gasteiger partial charge in [0.15, 0.2) is 38.4 Å². The Morgan fingerprint density at radius 3 is 2.11 bits per heavy atom. The van der Waals surface area contributed by atoms with Crippen molar-refractivity contribution in [2.45, 2.75) is 200 Å². The summed E-state index contributed by atoms with van der Waals surface area (Å²) in [5, 5.41) is 0. The van der Waals surface area contributed by atoms with Gasteiger partial charge in [0.2, 0.25) is 0 Å². The molecular formula is C47H79N3O14Si. The van der Waals surface area contributed by atoms with Crippen molar-refractivity contribution < 1.29 is 66.2 Å². The number of carbonyl (C=O) groups excluding carboxylic acids is 4. The minimum Gasteiger partial charge on any atom is -0.457 e. The van der Waals surface area contributed by atoms with E-state index in [-0.39, 0.29) is 42.8 Å². The van der Waals surface area contributed by atoms with Crippen LogP contribution in [0.25, 0.3) is 0 Å². The van der Waals surface area contributed by atoms with E-state index >= 15 is 0 Å². The average molecular weight is 938 g/mol. The van der Waals surface area contributed by atoms with Crippen LogP contribution < -0.4 is 0 Å². The van der Waals surface area contributed by atoms with Crippen molar-refractivity contribution in [2.75, 3.05) is 28.3 Å². The van der Waals surface area contributed by atoms with Gasteiger partial charge < -0.3 is 52.0 Å². The highest BCUT2D eigenvalue weighted by molar-refractivity contribution is 6.69. The van der Waals surface area contributed by atoms with Gasteiger partial charge in [0.25, 0.3) is 0 Å². The molecule has 18 heteroatoms. The molecule has 0 radical (unpaired) electrons. The van der Waals surface area contributed by atoms with E-state index in [1.807, 2.05) is 53.6 Å².